The number of carbonyl (C=O) groups is 1. The second kappa shape index (κ2) is 8.37. The van der Waals surface area contributed by atoms with Gasteiger partial charge in [0.1, 0.15) is 5.76 Å². The minimum absolute atomic E-state index is 0.0278. The Morgan fingerprint density at radius 1 is 1.31 bits per heavy atom. The number of nitrogens with zero attached hydrogens (tertiary/aromatic N) is 1. The van der Waals surface area contributed by atoms with Crippen LogP contribution in [0.3, 0.4) is 0 Å². The zero-order valence-electron chi connectivity index (χ0n) is 15.1. The van der Waals surface area contributed by atoms with Crippen LogP contribution in [0.5, 0.6) is 0 Å². The summed E-state index contributed by atoms with van der Waals surface area (Å²) in [7, 11) is -3.18. The summed E-state index contributed by atoms with van der Waals surface area (Å²) in [6, 6.07) is 6.08. The highest BCUT2D eigenvalue weighted by Crippen LogP contribution is 2.36. The molecule has 1 aromatic carbocycles. The number of rotatable bonds is 6. The molecule has 1 aromatic heterocycles. The fourth-order valence-electron chi connectivity index (χ4n) is 3.19. The van der Waals surface area contributed by atoms with E-state index in [-0.39, 0.29) is 36.3 Å². The molecule has 6 nitrogen and oxygen atoms in total. The number of carbonyl (C=O) groups excluding carboxylic acids is 1. The van der Waals surface area contributed by atoms with Crippen molar-refractivity contribution in [1.82, 2.24) is 4.90 Å². The normalized spacial score (nSPS) is 18.9. The van der Waals surface area contributed by atoms with Crippen LogP contribution in [0.25, 0.3) is 0 Å². The maximum absolute atomic E-state index is 13.0. The molecular weight excluding hydrogens is 433 g/mol. The van der Waals surface area contributed by atoms with Crippen LogP contribution in [0.4, 0.5) is 18.9 Å². The average Bonchev–Trinajstić information content (AvgIpc) is 3.24. The van der Waals surface area contributed by atoms with Gasteiger partial charge in [0.25, 0.3) is 0 Å². The molecule has 2 aromatic rings. The lowest BCUT2D eigenvalue weighted by Gasteiger charge is -2.26. The van der Waals surface area contributed by atoms with Crippen LogP contribution in [-0.4, -0.2) is 43.3 Å². The molecule has 0 bridgehead atoms. The van der Waals surface area contributed by atoms with E-state index >= 15 is 0 Å². The standard InChI is InChI=1S/C18H18ClF3N2O4S/c19-16-4-3-12(8-15(16)18(20,21)22)23-17(25)10-24(9-14-2-1-6-28-14)13-5-7-29(26,27)11-13/h1-4,6,8,13H,5,7,9-11H2,(H,23,25). The molecule has 29 heavy (non-hydrogen) atoms. The van der Waals surface area contributed by atoms with Crippen molar-refractivity contribution in [3.8, 4) is 0 Å². The third kappa shape index (κ3) is 5.74. The van der Waals surface area contributed by atoms with Gasteiger partial charge in [-0.2, -0.15) is 13.2 Å². The molecule has 2 heterocycles. The van der Waals surface area contributed by atoms with E-state index in [2.05, 4.69) is 5.32 Å². The van der Waals surface area contributed by atoms with Crippen molar-refractivity contribution in [2.24, 2.45) is 0 Å². The third-order valence-corrected chi connectivity index (χ3v) is 6.65. The monoisotopic (exact) mass is 450 g/mol. The predicted molar refractivity (Wildman–Crippen MR) is 101 cm³/mol. The molecular formula is C18H18ClF3N2O4S. The van der Waals surface area contributed by atoms with Crippen molar-refractivity contribution < 1.29 is 30.8 Å². The Bertz CT molecular complexity index is 977. The molecule has 1 amide bonds. The Morgan fingerprint density at radius 3 is 2.66 bits per heavy atom. The maximum atomic E-state index is 13.0. The first kappa shape index (κ1) is 21.7. The Balaban J connectivity index is 1.73. The van der Waals surface area contributed by atoms with Crippen molar-refractivity contribution in [1.29, 1.82) is 0 Å². The van der Waals surface area contributed by atoms with Gasteiger partial charge in [-0.05, 0) is 36.8 Å². The smallest absolute Gasteiger partial charge is 0.417 e. The van der Waals surface area contributed by atoms with Crippen molar-refractivity contribution >= 4 is 33.0 Å². The van der Waals surface area contributed by atoms with Gasteiger partial charge in [0.05, 0.1) is 41.4 Å². The van der Waals surface area contributed by atoms with Crippen LogP contribution < -0.4 is 5.32 Å². The number of halogens is 4. The van der Waals surface area contributed by atoms with Crippen LogP contribution in [0.1, 0.15) is 17.7 Å². The Labute approximate surface area is 170 Å². The molecule has 1 aliphatic heterocycles. The van der Waals surface area contributed by atoms with Crippen molar-refractivity contribution in [3.05, 3.63) is 52.9 Å². The van der Waals surface area contributed by atoms with Gasteiger partial charge in [0, 0.05) is 11.7 Å². The summed E-state index contributed by atoms with van der Waals surface area (Å²) < 4.78 is 67.9. The number of furan rings is 1. The van der Waals surface area contributed by atoms with Crippen LogP contribution in [-0.2, 0) is 27.4 Å². The highest BCUT2D eigenvalue weighted by molar-refractivity contribution is 7.91. The first-order valence-electron chi connectivity index (χ1n) is 8.67. The van der Waals surface area contributed by atoms with Gasteiger partial charge >= 0.3 is 6.18 Å². The molecule has 1 unspecified atom stereocenters. The lowest BCUT2D eigenvalue weighted by molar-refractivity contribution is -0.137. The first-order chi connectivity index (χ1) is 13.5. The van der Waals surface area contributed by atoms with E-state index in [4.69, 9.17) is 16.0 Å². The van der Waals surface area contributed by atoms with Gasteiger partial charge in [0.15, 0.2) is 9.84 Å². The fraction of sp³-hybridized carbons (Fsp3) is 0.389. The molecule has 0 aliphatic carbocycles. The van der Waals surface area contributed by atoms with Crippen LogP contribution in [0.15, 0.2) is 41.0 Å². The minimum atomic E-state index is -4.65. The summed E-state index contributed by atoms with van der Waals surface area (Å²) in [5.74, 6) is -0.0792. The van der Waals surface area contributed by atoms with Gasteiger partial charge < -0.3 is 9.73 Å². The van der Waals surface area contributed by atoms with E-state index < -0.39 is 32.5 Å². The van der Waals surface area contributed by atoms with E-state index in [0.29, 0.717) is 12.2 Å². The molecule has 1 atom stereocenters. The highest BCUT2D eigenvalue weighted by atomic mass is 35.5. The number of hydrogen-bond donors (Lipinski definition) is 1. The molecule has 0 spiro atoms. The molecule has 3 rings (SSSR count). The second-order valence-electron chi connectivity index (χ2n) is 6.78. The fourth-order valence-corrected chi connectivity index (χ4v) is 5.17. The largest absolute Gasteiger partial charge is 0.468 e. The maximum Gasteiger partial charge on any atom is 0.417 e. The summed E-state index contributed by atoms with van der Waals surface area (Å²) >= 11 is 5.59. The van der Waals surface area contributed by atoms with E-state index in [1.165, 1.54) is 12.3 Å². The highest BCUT2D eigenvalue weighted by Gasteiger charge is 2.35. The Kier molecular flexibility index (Phi) is 6.25. The van der Waals surface area contributed by atoms with Crippen molar-refractivity contribution in [2.75, 3.05) is 23.4 Å². The number of sulfone groups is 1. The summed E-state index contributed by atoms with van der Waals surface area (Å²) in [6.45, 7) is -0.000109. The van der Waals surface area contributed by atoms with E-state index in [0.717, 1.165) is 12.1 Å². The molecule has 11 heteroatoms. The SMILES string of the molecule is O=C(CN(Cc1ccco1)C1CCS(=O)(=O)C1)Nc1ccc(Cl)c(C(F)(F)F)c1. The van der Waals surface area contributed by atoms with E-state index in [9.17, 15) is 26.4 Å². The van der Waals surface area contributed by atoms with Crippen molar-refractivity contribution in [2.45, 2.75) is 25.2 Å². The van der Waals surface area contributed by atoms with Crippen LogP contribution in [0.2, 0.25) is 5.02 Å². The number of alkyl halides is 3. The first-order valence-corrected chi connectivity index (χ1v) is 10.9. The van der Waals surface area contributed by atoms with Gasteiger partial charge in [-0.3, -0.25) is 9.69 Å². The lowest BCUT2D eigenvalue weighted by atomic mass is 10.2. The third-order valence-electron chi connectivity index (χ3n) is 4.57. The van der Waals surface area contributed by atoms with Gasteiger partial charge in [-0.15, -0.1) is 0 Å². The summed E-state index contributed by atoms with van der Waals surface area (Å²) in [5.41, 5.74) is -1.10. The van der Waals surface area contributed by atoms with Crippen LogP contribution in [0, 0.1) is 0 Å². The number of anilines is 1. The molecule has 0 saturated carbocycles. The van der Waals surface area contributed by atoms with Gasteiger partial charge in [0.2, 0.25) is 5.91 Å². The van der Waals surface area contributed by atoms with E-state index in [1.54, 1.807) is 17.0 Å². The number of hydrogen-bond acceptors (Lipinski definition) is 5. The average molecular weight is 451 g/mol. The summed E-state index contributed by atoms with van der Waals surface area (Å²) in [4.78, 5) is 14.1. The zero-order chi connectivity index (χ0) is 21.2. The molecule has 1 saturated heterocycles. The number of amides is 1. The quantitative estimate of drug-likeness (QED) is 0.727. The summed E-state index contributed by atoms with van der Waals surface area (Å²) in [6.07, 6.45) is -2.82. The number of nitrogens with one attached hydrogen (secondary N) is 1. The second-order valence-corrected chi connectivity index (χ2v) is 9.42. The molecule has 158 valence electrons. The zero-order valence-corrected chi connectivity index (χ0v) is 16.6. The van der Waals surface area contributed by atoms with E-state index in [1.807, 2.05) is 0 Å². The lowest BCUT2D eigenvalue weighted by Crippen LogP contribution is -2.41. The van der Waals surface area contributed by atoms with Gasteiger partial charge in [-0.1, -0.05) is 11.6 Å². The minimum Gasteiger partial charge on any atom is -0.468 e. The topological polar surface area (TPSA) is 79.6 Å². The molecule has 1 aliphatic rings. The molecule has 0 radical (unpaired) electrons. The molecule has 1 fully saturated rings. The van der Waals surface area contributed by atoms with Crippen LogP contribution >= 0.6 is 11.6 Å². The summed E-state index contributed by atoms with van der Waals surface area (Å²) in [5, 5.41) is 1.95. The van der Waals surface area contributed by atoms with Gasteiger partial charge in [-0.25, -0.2) is 8.42 Å². The predicted octanol–water partition coefficient (Wildman–Crippen LogP) is 3.58. The van der Waals surface area contributed by atoms with Crippen molar-refractivity contribution in [3.63, 3.8) is 0 Å². The molecule has 1 N–H and O–H groups in total. The Hall–Kier alpha value is -2.04. The number of benzene rings is 1. The Morgan fingerprint density at radius 2 is 2.07 bits per heavy atom.